The molecule has 0 fully saturated rings. The molecule has 0 bridgehead atoms. The Morgan fingerprint density at radius 3 is 2.59 bits per heavy atom. The molecule has 0 radical (unpaired) electrons. The molecule has 1 amide bonds. The summed E-state index contributed by atoms with van der Waals surface area (Å²) in [5.74, 6) is 1.14. The standard InChI is InChI=1S/C23H20N2O3S/c1-27-21-12-6-5-10-18(21)15-25(16-19-11-7-13-29-19)23(26)20-14-22(28-24-20)17-8-3-2-4-9-17/h2-14H,15-16H2,1H3. The summed E-state index contributed by atoms with van der Waals surface area (Å²) in [5, 5.41) is 6.04. The van der Waals surface area contributed by atoms with Crippen LogP contribution in [0, 0.1) is 0 Å². The van der Waals surface area contributed by atoms with Gasteiger partial charge in [0.05, 0.1) is 20.2 Å². The summed E-state index contributed by atoms with van der Waals surface area (Å²) in [5.41, 5.74) is 2.11. The van der Waals surface area contributed by atoms with Gasteiger partial charge < -0.3 is 14.2 Å². The maximum atomic E-state index is 13.3. The molecule has 29 heavy (non-hydrogen) atoms. The molecule has 0 atom stereocenters. The fourth-order valence-corrected chi connectivity index (χ4v) is 3.83. The van der Waals surface area contributed by atoms with Gasteiger partial charge in [-0.05, 0) is 17.5 Å². The highest BCUT2D eigenvalue weighted by Gasteiger charge is 2.22. The summed E-state index contributed by atoms with van der Waals surface area (Å²) < 4.78 is 10.9. The normalized spacial score (nSPS) is 10.7. The van der Waals surface area contributed by atoms with E-state index in [1.54, 1.807) is 29.4 Å². The van der Waals surface area contributed by atoms with E-state index >= 15 is 0 Å². The average Bonchev–Trinajstić information content (AvgIpc) is 3.46. The highest BCUT2D eigenvalue weighted by molar-refractivity contribution is 7.09. The van der Waals surface area contributed by atoms with Crippen molar-refractivity contribution >= 4 is 17.2 Å². The molecular weight excluding hydrogens is 384 g/mol. The first-order valence-electron chi connectivity index (χ1n) is 9.20. The summed E-state index contributed by atoms with van der Waals surface area (Å²) >= 11 is 1.62. The predicted molar refractivity (Wildman–Crippen MR) is 113 cm³/mol. The van der Waals surface area contributed by atoms with E-state index in [0.29, 0.717) is 18.8 Å². The van der Waals surface area contributed by atoms with Gasteiger partial charge in [0.2, 0.25) is 0 Å². The minimum absolute atomic E-state index is 0.185. The molecule has 0 aliphatic rings. The molecule has 0 saturated heterocycles. The van der Waals surface area contributed by atoms with Gasteiger partial charge >= 0.3 is 0 Å². The van der Waals surface area contributed by atoms with Gasteiger partial charge in [0, 0.05) is 22.1 Å². The van der Waals surface area contributed by atoms with Crippen molar-refractivity contribution in [2.75, 3.05) is 7.11 Å². The third-order valence-electron chi connectivity index (χ3n) is 4.56. The zero-order chi connectivity index (χ0) is 20.1. The number of methoxy groups -OCH3 is 1. The lowest BCUT2D eigenvalue weighted by Gasteiger charge is -2.22. The lowest BCUT2D eigenvalue weighted by Crippen LogP contribution is -2.30. The molecule has 0 unspecified atom stereocenters. The van der Waals surface area contributed by atoms with Crippen LogP contribution < -0.4 is 4.74 Å². The van der Waals surface area contributed by atoms with Crippen LogP contribution in [0.15, 0.2) is 82.7 Å². The Morgan fingerprint density at radius 1 is 1.03 bits per heavy atom. The zero-order valence-corrected chi connectivity index (χ0v) is 16.8. The first-order chi connectivity index (χ1) is 14.2. The van der Waals surface area contributed by atoms with E-state index < -0.39 is 0 Å². The lowest BCUT2D eigenvalue weighted by molar-refractivity contribution is 0.0720. The van der Waals surface area contributed by atoms with Gasteiger partial charge in [0.1, 0.15) is 5.75 Å². The van der Waals surface area contributed by atoms with Crippen molar-refractivity contribution < 1.29 is 14.1 Å². The fourth-order valence-electron chi connectivity index (χ4n) is 3.11. The Balaban J connectivity index is 1.62. The third kappa shape index (κ3) is 4.38. The Morgan fingerprint density at radius 2 is 1.83 bits per heavy atom. The molecule has 0 N–H and O–H groups in total. The van der Waals surface area contributed by atoms with Crippen molar-refractivity contribution in [3.8, 4) is 17.1 Å². The second kappa shape index (κ2) is 8.75. The van der Waals surface area contributed by atoms with E-state index in [2.05, 4.69) is 5.16 Å². The molecule has 0 aliphatic heterocycles. The van der Waals surface area contributed by atoms with E-state index in [1.807, 2.05) is 72.1 Å². The van der Waals surface area contributed by atoms with E-state index in [1.165, 1.54) is 0 Å². The lowest BCUT2D eigenvalue weighted by atomic mass is 10.1. The highest BCUT2D eigenvalue weighted by atomic mass is 32.1. The molecule has 5 nitrogen and oxygen atoms in total. The molecule has 2 aromatic heterocycles. The highest BCUT2D eigenvalue weighted by Crippen LogP contribution is 2.25. The van der Waals surface area contributed by atoms with Gasteiger partial charge in [-0.3, -0.25) is 4.79 Å². The minimum Gasteiger partial charge on any atom is -0.496 e. The minimum atomic E-state index is -0.185. The smallest absolute Gasteiger partial charge is 0.276 e. The van der Waals surface area contributed by atoms with Crippen molar-refractivity contribution in [1.29, 1.82) is 0 Å². The molecule has 146 valence electrons. The summed E-state index contributed by atoms with van der Waals surface area (Å²) in [6.45, 7) is 0.899. The summed E-state index contributed by atoms with van der Waals surface area (Å²) in [6, 6.07) is 23.0. The summed E-state index contributed by atoms with van der Waals surface area (Å²) in [6.07, 6.45) is 0. The third-order valence-corrected chi connectivity index (χ3v) is 5.42. The number of rotatable bonds is 7. The van der Waals surface area contributed by atoms with Gasteiger partial charge in [-0.15, -0.1) is 11.3 Å². The number of carbonyl (C=O) groups excluding carboxylic acids is 1. The zero-order valence-electron chi connectivity index (χ0n) is 15.9. The van der Waals surface area contributed by atoms with Crippen molar-refractivity contribution in [1.82, 2.24) is 10.1 Å². The van der Waals surface area contributed by atoms with Crippen molar-refractivity contribution in [3.05, 3.63) is 94.3 Å². The maximum absolute atomic E-state index is 13.3. The topological polar surface area (TPSA) is 55.6 Å². The number of ether oxygens (including phenoxy) is 1. The molecular formula is C23H20N2O3S. The second-order valence-electron chi connectivity index (χ2n) is 6.49. The van der Waals surface area contributed by atoms with Gasteiger partial charge in [0.25, 0.3) is 5.91 Å². The van der Waals surface area contributed by atoms with E-state index in [4.69, 9.17) is 9.26 Å². The predicted octanol–water partition coefficient (Wildman–Crippen LogP) is 5.25. The van der Waals surface area contributed by atoms with Gasteiger partial charge in [-0.25, -0.2) is 0 Å². The molecule has 4 aromatic rings. The van der Waals surface area contributed by atoms with Gasteiger partial charge in [-0.1, -0.05) is 59.8 Å². The first-order valence-corrected chi connectivity index (χ1v) is 10.1. The number of benzene rings is 2. The number of hydrogen-bond donors (Lipinski definition) is 0. The van der Waals surface area contributed by atoms with Crippen molar-refractivity contribution in [2.45, 2.75) is 13.1 Å². The number of aromatic nitrogens is 1. The number of hydrogen-bond acceptors (Lipinski definition) is 5. The van der Waals surface area contributed by atoms with Crippen LogP contribution in [0.4, 0.5) is 0 Å². The summed E-state index contributed by atoms with van der Waals surface area (Å²) in [4.78, 5) is 16.1. The Labute approximate surface area is 173 Å². The van der Waals surface area contributed by atoms with Crippen LogP contribution in [-0.4, -0.2) is 23.1 Å². The SMILES string of the molecule is COc1ccccc1CN(Cc1cccs1)C(=O)c1cc(-c2ccccc2)on1. The van der Waals surface area contributed by atoms with Crippen LogP contribution in [0.3, 0.4) is 0 Å². The monoisotopic (exact) mass is 404 g/mol. The van der Waals surface area contributed by atoms with Crippen molar-refractivity contribution in [3.63, 3.8) is 0 Å². The second-order valence-corrected chi connectivity index (χ2v) is 7.53. The van der Waals surface area contributed by atoms with Crippen LogP contribution >= 0.6 is 11.3 Å². The van der Waals surface area contributed by atoms with Crippen LogP contribution in [0.5, 0.6) is 5.75 Å². The van der Waals surface area contributed by atoms with E-state index in [-0.39, 0.29) is 11.6 Å². The molecule has 6 heteroatoms. The first kappa shape index (κ1) is 19.0. The summed E-state index contributed by atoms with van der Waals surface area (Å²) in [7, 11) is 1.63. The van der Waals surface area contributed by atoms with E-state index in [0.717, 1.165) is 21.8 Å². The average molecular weight is 404 g/mol. The maximum Gasteiger partial charge on any atom is 0.276 e. The molecule has 2 aromatic carbocycles. The molecule has 4 rings (SSSR count). The fraction of sp³-hybridized carbons (Fsp3) is 0.130. The number of para-hydroxylation sites is 1. The molecule has 2 heterocycles. The Hall–Kier alpha value is -3.38. The van der Waals surface area contributed by atoms with Crippen LogP contribution in [0.1, 0.15) is 20.9 Å². The number of nitrogens with zero attached hydrogens (tertiary/aromatic N) is 2. The number of carbonyl (C=O) groups is 1. The quantitative estimate of drug-likeness (QED) is 0.422. The number of thiophene rings is 1. The van der Waals surface area contributed by atoms with Crippen LogP contribution in [-0.2, 0) is 13.1 Å². The van der Waals surface area contributed by atoms with Crippen molar-refractivity contribution in [2.24, 2.45) is 0 Å². The Kier molecular flexibility index (Phi) is 5.72. The van der Waals surface area contributed by atoms with Gasteiger partial charge in [-0.2, -0.15) is 0 Å². The van der Waals surface area contributed by atoms with Crippen LogP contribution in [0.2, 0.25) is 0 Å². The molecule has 0 spiro atoms. The van der Waals surface area contributed by atoms with Gasteiger partial charge in [0.15, 0.2) is 11.5 Å². The molecule has 0 aliphatic carbocycles. The van der Waals surface area contributed by atoms with E-state index in [9.17, 15) is 4.79 Å². The number of amides is 1. The Bertz CT molecular complexity index is 1070. The largest absolute Gasteiger partial charge is 0.496 e. The van der Waals surface area contributed by atoms with Crippen LogP contribution in [0.25, 0.3) is 11.3 Å². The molecule has 0 saturated carbocycles.